The Kier molecular flexibility index (Phi) is 16.6. The van der Waals surface area contributed by atoms with Crippen LogP contribution < -0.4 is 0 Å². The molecule has 0 radical (unpaired) electrons. The summed E-state index contributed by atoms with van der Waals surface area (Å²) in [6.45, 7) is 4.83. The van der Waals surface area contributed by atoms with Crippen molar-refractivity contribution in [2.24, 2.45) is 0 Å². The van der Waals surface area contributed by atoms with Crippen molar-refractivity contribution in [2.45, 2.75) is 116 Å². The van der Waals surface area contributed by atoms with Gasteiger partial charge in [0.2, 0.25) is 0 Å². The summed E-state index contributed by atoms with van der Waals surface area (Å²) in [6.07, 6.45) is 14.9. The molecule has 1 rings (SSSR count). The molecular formula is C27H44O4. The van der Waals surface area contributed by atoms with Gasteiger partial charge in [0.1, 0.15) is 6.10 Å². The first-order chi connectivity index (χ1) is 15.2. The molecule has 0 saturated carbocycles. The summed E-state index contributed by atoms with van der Waals surface area (Å²) in [6, 6.07) is 9.93. The summed E-state index contributed by atoms with van der Waals surface area (Å²) >= 11 is 0. The van der Waals surface area contributed by atoms with E-state index in [0.717, 1.165) is 63.4 Å². The number of unbranched alkanes of at least 4 members (excludes halogenated alkanes) is 10. The normalized spacial score (nSPS) is 11.8. The Morgan fingerprint density at radius 1 is 0.710 bits per heavy atom. The van der Waals surface area contributed by atoms with Gasteiger partial charge < -0.3 is 9.47 Å². The van der Waals surface area contributed by atoms with Gasteiger partial charge in [0.15, 0.2) is 0 Å². The molecule has 0 spiro atoms. The third-order valence-corrected chi connectivity index (χ3v) is 5.59. The van der Waals surface area contributed by atoms with Crippen LogP contribution in [0.2, 0.25) is 0 Å². The van der Waals surface area contributed by atoms with Crippen molar-refractivity contribution >= 4 is 11.9 Å². The first-order valence-corrected chi connectivity index (χ1v) is 12.6. The second kappa shape index (κ2) is 18.9. The summed E-state index contributed by atoms with van der Waals surface area (Å²) in [5.74, 6) is -0.163. The Labute approximate surface area is 190 Å². The molecule has 0 amide bonds. The number of carbonyl (C=O) groups excluding carboxylic acids is 2. The number of rotatable bonds is 19. The summed E-state index contributed by atoms with van der Waals surface area (Å²) in [4.78, 5) is 23.8. The van der Waals surface area contributed by atoms with E-state index < -0.39 is 0 Å². The van der Waals surface area contributed by atoms with Crippen LogP contribution in [0, 0.1) is 0 Å². The van der Waals surface area contributed by atoms with Gasteiger partial charge in [0, 0.05) is 12.8 Å². The van der Waals surface area contributed by atoms with E-state index in [1.165, 1.54) is 25.7 Å². The van der Waals surface area contributed by atoms with Crippen LogP contribution in [-0.2, 0) is 19.1 Å². The molecule has 4 nitrogen and oxygen atoms in total. The maximum absolute atomic E-state index is 12.1. The molecule has 4 heteroatoms. The van der Waals surface area contributed by atoms with Crippen LogP contribution in [0.3, 0.4) is 0 Å². The van der Waals surface area contributed by atoms with Crippen molar-refractivity contribution in [1.29, 1.82) is 0 Å². The molecule has 1 atom stereocenters. The maximum atomic E-state index is 12.1. The zero-order valence-corrected chi connectivity index (χ0v) is 19.9. The molecule has 31 heavy (non-hydrogen) atoms. The average Bonchev–Trinajstić information content (AvgIpc) is 2.79. The number of benzene rings is 1. The average molecular weight is 433 g/mol. The minimum absolute atomic E-state index is 0.0554. The van der Waals surface area contributed by atoms with E-state index >= 15 is 0 Å². The minimum Gasteiger partial charge on any atom is -0.466 e. The lowest BCUT2D eigenvalue weighted by atomic mass is 10.1. The lowest BCUT2D eigenvalue weighted by Gasteiger charge is -2.16. The molecule has 0 fully saturated rings. The second-order valence-electron chi connectivity index (χ2n) is 8.41. The largest absolute Gasteiger partial charge is 0.466 e. The third-order valence-electron chi connectivity index (χ3n) is 5.59. The van der Waals surface area contributed by atoms with Gasteiger partial charge >= 0.3 is 11.9 Å². The topological polar surface area (TPSA) is 52.6 Å². The molecule has 0 N–H and O–H groups in total. The van der Waals surface area contributed by atoms with Crippen LogP contribution in [0.1, 0.15) is 122 Å². The molecular weight excluding hydrogens is 388 g/mol. The van der Waals surface area contributed by atoms with E-state index in [4.69, 9.17) is 9.47 Å². The second-order valence-corrected chi connectivity index (χ2v) is 8.41. The Bertz CT molecular complexity index is 570. The highest BCUT2D eigenvalue weighted by molar-refractivity contribution is 5.69. The fourth-order valence-corrected chi connectivity index (χ4v) is 3.66. The van der Waals surface area contributed by atoms with E-state index in [1.54, 1.807) is 0 Å². The number of esters is 2. The molecule has 0 aromatic heterocycles. The number of ether oxygens (including phenoxy) is 2. The van der Waals surface area contributed by atoms with Crippen LogP contribution in [0.15, 0.2) is 30.3 Å². The van der Waals surface area contributed by atoms with Crippen molar-refractivity contribution in [3.05, 3.63) is 35.9 Å². The molecule has 0 aliphatic heterocycles. The number of hydrogen-bond acceptors (Lipinski definition) is 4. The zero-order valence-electron chi connectivity index (χ0n) is 19.9. The lowest BCUT2D eigenvalue weighted by molar-refractivity contribution is -0.150. The molecule has 0 heterocycles. The monoisotopic (exact) mass is 432 g/mol. The van der Waals surface area contributed by atoms with Crippen LogP contribution >= 0.6 is 0 Å². The van der Waals surface area contributed by atoms with Crippen LogP contribution in [0.25, 0.3) is 0 Å². The lowest BCUT2D eigenvalue weighted by Crippen LogP contribution is -2.10. The smallest absolute Gasteiger partial charge is 0.306 e. The first kappa shape index (κ1) is 27.2. The summed E-state index contributed by atoms with van der Waals surface area (Å²) < 4.78 is 10.9. The van der Waals surface area contributed by atoms with Gasteiger partial charge in [-0.2, -0.15) is 0 Å². The molecule has 1 aromatic rings. The van der Waals surface area contributed by atoms with E-state index in [1.807, 2.05) is 37.3 Å². The van der Waals surface area contributed by atoms with Crippen molar-refractivity contribution in [3.8, 4) is 0 Å². The number of hydrogen-bond donors (Lipinski definition) is 0. The van der Waals surface area contributed by atoms with E-state index in [9.17, 15) is 9.59 Å². The first-order valence-electron chi connectivity index (χ1n) is 12.6. The van der Waals surface area contributed by atoms with Gasteiger partial charge in [0.25, 0.3) is 0 Å². The van der Waals surface area contributed by atoms with E-state index in [-0.39, 0.29) is 18.0 Å². The van der Waals surface area contributed by atoms with Crippen molar-refractivity contribution in [1.82, 2.24) is 0 Å². The Morgan fingerprint density at radius 2 is 1.26 bits per heavy atom. The van der Waals surface area contributed by atoms with Gasteiger partial charge in [-0.1, -0.05) is 102 Å². The van der Waals surface area contributed by atoms with Crippen molar-refractivity contribution in [3.63, 3.8) is 0 Å². The van der Waals surface area contributed by atoms with Gasteiger partial charge in [0.05, 0.1) is 6.61 Å². The zero-order chi connectivity index (χ0) is 22.6. The van der Waals surface area contributed by atoms with Gasteiger partial charge in [-0.25, -0.2) is 0 Å². The van der Waals surface area contributed by atoms with Crippen LogP contribution in [0.5, 0.6) is 0 Å². The summed E-state index contributed by atoms with van der Waals surface area (Å²) in [5, 5.41) is 0. The van der Waals surface area contributed by atoms with Crippen LogP contribution in [0.4, 0.5) is 0 Å². The molecule has 176 valence electrons. The highest BCUT2D eigenvalue weighted by Gasteiger charge is 2.14. The fourth-order valence-electron chi connectivity index (χ4n) is 3.66. The molecule has 0 bridgehead atoms. The van der Waals surface area contributed by atoms with Gasteiger partial charge in [-0.15, -0.1) is 0 Å². The highest BCUT2D eigenvalue weighted by Crippen LogP contribution is 2.21. The predicted octanol–water partition coefficient (Wildman–Crippen LogP) is 7.71. The predicted molar refractivity (Wildman–Crippen MR) is 127 cm³/mol. The van der Waals surface area contributed by atoms with Crippen LogP contribution in [-0.4, -0.2) is 18.5 Å². The molecule has 1 aromatic carbocycles. The highest BCUT2D eigenvalue weighted by atomic mass is 16.5. The SMILES string of the molecule is CCCCCCCCOC(=O)CCCCCCCCC(=O)OC(CC)c1ccccc1. The third kappa shape index (κ3) is 14.7. The van der Waals surface area contributed by atoms with E-state index in [0.29, 0.717) is 19.4 Å². The van der Waals surface area contributed by atoms with Gasteiger partial charge in [-0.05, 0) is 31.2 Å². The molecule has 0 saturated heterocycles. The summed E-state index contributed by atoms with van der Waals surface area (Å²) in [5.41, 5.74) is 1.06. The quantitative estimate of drug-likeness (QED) is 0.166. The summed E-state index contributed by atoms with van der Waals surface area (Å²) in [7, 11) is 0. The van der Waals surface area contributed by atoms with Crippen molar-refractivity contribution in [2.75, 3.05) is 6.61 Å². The minimum atomic E-state index is -0.144. The Hall–Kier alpha value is -1.84. The Morgan fingerprint density at radius 3 is 1.87 bits per heavy atom. The molecule has 0 aliphatic rings. The molecule has 1 unspecified atom stereocenters. The van der Waals surface area contributed by atoms with E-state index in [2.05, 4.69) is 6.92 Å². The molecule has 0 aliphatic carbocycles. The maximum Gasteiger partial charge on any atom is 0.306 e. The van der Waals surface area contributed by atoms with Crippen molar-refractivity contribution < 1.29 is 19.1 Å². The van der Waals surface area contributed by atoms with Gasteiger partial charge in [-0.3, -0.25) is 9.59 Å². The fraction of sp³-hybridized carbons (Fsp3) is 0.704. The number of carbonyl (C=O) groups is 2. The standard InChI is InChI=1S/C27H44O4/c1-3-5-6-7-12-18-23-30-26(28)21-16-10-8-9-11-17-22-27(29)31-25(4-2)24-19-14-13-15-20-24/h13-15,19-20,25H,3-12,16-18,21-23H2,1-2H3. The Balaban J connectivity index is 1.93.